The number of aromatic nitrogens is 1. The first-order valence-electron chi connectivity index (χ1n) is 3.66. The van der Waals surface area contributed by atoms with Gasteiger partial charge in [-0.1, -0.05) is 0 Å². The van der Waals surface area contributed by atoms with Gasteiger partial charge in [0.25, 0.3) is 0 Å². The number of nitrogens with two attached hydrogens (primary N) is 2. The van der Waals surface area contributed by atoms with Crippen molar-refractivity contribution in [1.29, 1.82) is 0 Å². The van der Waals surface area contributed by atoms with E-state index in [-0.39, 0.29) is 24.8 Å². The molecular formula is C7H15Cl2N3S. The topological polar surface area (TPSA) is 64.9 Å². The van der Waals surface area contributed by atoms with E-state index >= 15 is 0 Å². The Hall–Kier alpha value is -0.0300. The molecule has 0 fully saturated rings. The molecule has 0 amide bonds. The minimum Gasteiger partial charge on any atom is -0.375 e. The summed E-state index contributed by atoms with van der Waals surface area (Å²) in [7, 11) is 0. The van der Waals surface area contributed by atoms with Gasteiger partial charge in [0.15, 0.2) is 5.13 Å². The fourth-order valence-electron chi connectivity index (χ4n) is 0.945. The molecule has 0 aliphatic rings. The standard InChI is InChI=1S/C7H13N3S.2ClH/c1-5-6(3-2-4-8)11-7(9)10-5;;/h2-4,8H2,1H3,(H2,9,10);2*1H. The second-order valence-electron chi connectivity index (χ2n) is 2.45. The van der Waals surface area contributed by atoms with E-state index in [4.69, 9.17) is 11.5 Å². The van der Waals surface area contributed by atoms with Crippen molar-refractivity contribution in [1.82, 2.24) is 4.98 Å². The lowest BCUT2D eigenvalue weighted by Crippen LogP contribution is -1.99. The van der Waals surface area contributed by atoms with E-state index in [2.05, 4.69) is 4.98 Å². The first-order chi connectivity index (χ1) is 5.24. The van der Waals surface area contributed by atoms with E-state index < -0.39 is 0 Å². The monoisotopic (exact) mass is 243 g/mol. The van der Waals surface area contributed by atoms with E-state index in [1.54, 1.807) is 11.3 Å². The van der Waals surface area contributed by atoms with Crippen molar-refractivity contribution in [2.75, 3.05) is 12.3 Å². The zero-order chi connectivity index (χ0) is 8.27. The lowest BCUT2D eigenvalue weighted by atomic mass is 10.2. The van der Waals surface area contributed by atoms with Crippen molar-refractivity contribution < 1.29 is 0 Å². The highest BCUT2D eigenvalue weighted by molar-refractivity contribution is 7.15. The van der Waals surface area contributed by atoms with Gasteiger partial charge in [-0.3, -0.25) is 0 Å². The molecule has 1 heterocycles. The Morgan fingerprint density at radius 1 is 1.38 bits per heavy atom. The van der Waals surface area contributed by atoms with Crippen LogP contribution in [0.15, 0.2) is 0 Å². The zero-order valence-electron chi connectivity index (χ0n) is 7.45. The highest BCUT2D eigenvalue weighted by Gasteiger charge is 2.03. The first-order valence-corrected chi connectivity index (χ1v) is 4.47. The Morgan fingerprint density at radius 2 is 2.00 bits per heavy atom. The Bertz CT molecular complexity index is 240. The summed E-state index contributed by atoms with van der Waals surface area (Å²) in [6.07, 6.45) is 2.03. The smallest absolute Gasteiger partial charge is 0.180 e. The molecule has 1 aromatic heterocycles. The summed E-state index contributed by atoms with van der Waals surface area (Å²) in [4.78, 5) is 5.39. The lowest BCUT2D eigenvalue weighted by Gasteiger charge is -1.93. The van der Waals surface area contributed by atoms with Crippen LogP contribution in [0.4, 0.5) is 5.13 Å². The van der Waals surface area contributed by atoms with Crippen LogP contribution < -0.4 is 11.5 Å². The molecule has 0 radical (unpaired) electrons. The molecule has 78 valence electrons. The Labute approximate surface area is 94.7 Å². The minimum absolute atomic E-state index is 0. The number of nitrogens with zero attached hydrogens (tertiary/aromatic N) is 1. The summed E-state index contributed by atoms with van der Waals surface area (Å²) >= 11 is 1.57. The minimum atomic E-state index is 0. The molecule has 1 aromatic rings. The molecule has 0 aliphatic carbocycles. The number of thiazole rings is 1. The number of hydrogen-bond donors (Lipinski definition) is 2. The third-order valence-corrected chi connectivity index (χ3v) is 2.56. The van der Waals surface area contributed by atoms with Crippen molar-refractivity contribution in [2.24, 2.45) is 5.73 Å². The lowest BCUT2D eigenvalue weighted by molar-refractivity contribution is 0.836. The van der Waals surface area contributed by atoms with E-state index in [9.17, 15) is 0 Å². The highest BCUT2D eigenvalue weighted by atomic mass is 35.5. The number of rotatable bonds is 3. The van der Waals surface area contributed by atoms with Crippen LogP contribution in [0.1, 0.15) is 17.0 Å². The van der Waals surface area contributed by atoms with Gasteiger partial charge >= 0.3 is 0 Å². The largest absolute Gasteiger partial charge is 0.375 e. The maximum absolute atomic E-state index is 5.53. The molecule has 4 N–H and O–H groups in total. The number of hydrogen-bond acceptors (Lipinski definition) is 4. The van der Waals surface area contributed by atoms with Gasteiger partial charge in [-0.05, 0) is 26.3 Å². The van der Waals surface area contributed by atoms with E-state index in [0.29, 0.717) is 5.13 Å². The Kier molecular flexibility index (Phi) is 8.77. The van der Waals surface area contributed by atoms with E-state index in [1.807, 2.05) is 6.92 Å². The highest BCUT2D eigenvalue weighted by Crippen LogP contribution is 2.20. The number of anilines is 1. The summed E-state index contributed by atoms with van der Waals surface area (Å²) < 4.78 is 0. The van der Waals surface area contributed by atoms with Crippen LogP contribution in [-0.4, -0.2) is 11.5 Å². The van der Waals surface area contributed by atoms with Crippen molar-refractivity contribution >= 4 is 41.3 Å². The molecule has 0 aromatic carbocycles. The molecule has 0 aliphatic heterocycles. The predicted molar refractivity (Wildman–Crippen MR) is 63.1 cm³/mol. The molecule has 0 saturated heterocycles. The van der Waals surface area contributed by atoms with Crippen molar-refractivity contribution in [3.63, 3.8) is 0 Å². The van der Waals surface area contributed by atoms with Gasteiger partial charge in [-0.15, -0.1) is 36.2 Å². The molecule has 1 rings (SSSR count). The third-order valence-electron chi connectivity index (χ3n) is 1.52. The average molecular weight is 244 g/mol. The zero-order valence-corrected chi connectivity index (χ0v) is 9.90. The SMILES string of the molecule is Cc1nc(N)sc1CCCN.Cl.Cl. The van der Waals surface area contributed by atoms with Crippen LogP contribution >= 0.6 is 36.2 Å². The maximum Gasteiger partial charge on any atom is 0.180 e. The van der Waals surface area contributed by atoms with E-state index in [0.717, 1.165) is 25.1 Å². The van der Waals surface area contributed by atoms with Gasteiger partial charge in [-0.2, -0.15) is 0 Å². The Morgan fingerprint density at radius 3 is 2.38 bits per heavy atom. The molecule has 0 atom stereocenters. The number of nitrogen functional groups attached to an aromatic ring is 1. The fraction of sp³-hybridized carbons (Fsp3) is 0.571. The maximum atomic E-state index is 5.53. The van der Waals surface area contributed by atoms with Crippen molar-refractivity contribution in [3.05, 3.63) is 10.6 Å². The van der Waals surface area contributed by atoms with Crippen LogP contribution in [0.3, 0.4) is 0 Å². The molecule has 0 unspecified atom stereocenters. The first kappa shape index (κ1) is 15.4. The average Bonchev–Trinajstić information content (AvgIpc) is 2.26. The van der Waals surface area contributed by atoms with Gasteiger partial charge in [0.2, 0.25) is 0 Å². The Balaban J connectivity index is 0. The van der Waals surface area contributed by atoms with Gasteiger partial charge in [0, 0.05) is 4.88 Å². The second-order valence-corrected chi connectivity index (χ2v) is 3.57. The van der Waals surface area contributed by atoms with Crippen molar-refractivity contribution in [3.8, 4) is 0 Å². The summed E-state index contributed by atoms with van der Waals surface area (Å²) in [6, 6.07) is 0. The summed E-state index contributed by atoms with van der Waals surface area (Å²) in [5, 5.41) is 0.662. The van der Waals surface area contributed by atoms with E-state index in [1.165, 1.54) is 4.88 Å². The summed E-state index contributed by atoms with van der Waals surface area (Å²) in [5.74, 6) is 0. The van der Waals surface area contributed by atoms with Gasteiger partial charge in [-0.25, -0.2) is 4.98 Å². The van der Waals surface area contributed by atoms with Crippen LogP contribution in [0, 0.1) is 6.92 Å². The van der Waals surface area contributed by atoms with Crippen LogP contribution in [0.5, 0.6) is 0 Å². The van der Waals surface area contributed by atoms with Gasteiger partial charge in [0.1, 0.15) is 0 Å². The van der Waals surface area contributed by atoms with Gasteiger partial charge in [0.05, 0.1) is 5.69 Å². The quantitative estimate of drug-likeness (QED) is 0.851. The predicted octanol–water partition coefficient (Wildman–Crippen LogP) is 1.77. The van der Waals surface area contributed by atoms with Crippen molar-refractivity contribution in [2.45, 2.75) is 19.8 Å². The number of aryl methyl sites for hydroxylation is 2. The second kappa shape index (κ2) is 7.38. The molecule has 3 nitrogen and oxygen atoms in total. The van der Waals surface area contributed by atoms with Gasteiger partial charge < -0.3 is 11.5 Å². The molecule has 0 bridgehead atoms. The van der Waals surface area contributed by atoms with Crippen LogP contribution in [0.25, 0.3) is 0 Å². The third kappa shape index (κ3) is 4.67. The molecule has 0 saturated carbocycles. The normalized spacial score (nSPS) is 8.77. The molecule has 0 spiro atoms. The number of halogens is 2. The fourth-order valence-corrected chi connectivity index (χ4v) is 1.82. The van der Waals surface area contributed by atoms with Crippen LogP contribution in [0.2, 0.25) is 0 Å². The molecule has 13 heavy (non-hydrogen) atoms. The van der Waals surface area contributed by atoms with Crippen LogP contribution in [-0.2, 0) is 6.42 Å². The molecule has 6 heteroatoms. The summed E-state index contributed by atoms with van der Waals surface area (Å²) in [6.45, 7) is 2.72. The molecular weight excluding hydrogens is 229 g/mol. The summed E-state index contributed by atoms with van der Waals surface area (Å²) in [5.41, 5.74) is 12.0.